The van der Waals surface area contributed by atoms with Crippen molar-refractivity contribution in [2.75, 3.05) is 46.2 Å². The van der Waals surface area contributed by atoms with Gasteiger partial charge in [-0.15, -0.1) is 0 Å². The number of anilines is 1. The first-order valence-electron chi connectivity index (χ1n) is 15.0. The molecular formula is C32H50N6O2. The molecule has 1 aromatic carbocycles. The van der Waals surface area contributed by atoms with Crippen LogP contribution in [0.15, 0.2) is 47.2 Å². The Hall–Kier alpha value is -3.00. The van der Waals surface area contributed by atoms with E-state index >= 15 is 0 Å². The highest BCUT2D eigenvalue weighted by Gasteiger charge is 2.40. The molecule has 3 fully saturated rings. The van der Waals surface area contributed by atoms with E-state index in [-0.39, 0.29) is 23.5 Å². The quantitative estimate of drug-likeness (QED) is 0.457. The van der Waals surface area contributed by atoms with Crippen molar-refractivity contribution in [1.82, 2.24) is 20.0 Å². The van der Waals surface area contributed by atoms with E-state index in [9.17, 15) is 4.79 Å². The normalized spacial score (nSPS) is 26.0. The van der Waals surface area contributed by atoms with Gasteiger partial charge in [-0.1, -0.05) is 45.8 Å². The van der Waals surface area contributed by atoms with Gasteiger partial charge < -0.3 is 30.1 Å². The van der Waals surface area contributed by atoms with Gasteiger partial charge >= 0.3 is 0 Å². The van der Waals surface area contributed by atoms with Crippen LogP contribution in [0.3, 0.4) is 0 Å². The Kier molecular flexibility index (Phi) is 9.49. The average Bonchev–Trinajstić information content (AvgIpc) is 3.01. The Balaban J connectivity index is 1.61. The second-order valence-electron chi connectivity index (χ2n) is 12.1. The molecule has 1 amide bonds. The first-order chi connectivity index (χ1) is 19.1. The number of nitrogens with one attached hydrogen (secondary N) is 2. The number of hydrogen-bond donors (Lipinski definition) is 2. The predicted octanol–water partition coefficient (Wildman–Crippen LogP) is 5.31. The fourth-order valence-electron chi connectivity index (χ4n) is 6.31. The van der Waals surface area contributed by atoms with Crippen molar-refractivity contribution in [1.29, 1.82) is 0 Å². The van der Waals surface area contributed by atoms with Crippen LogP contribution in [0.5, 0.6) is 5.75 Å². The van der Waals surface area contributed by atoms with Crippen LogP contribution in [0.4, 0.5) is 5.69 Å². The third kappa shape index (κ3) is 6.32. The monoisotopic (exact) mass is 550 g/mol. The number of carbonyl (C=O) groups is 1. The van der Waals surface area contributed by atoms with Crippen molar-refractivity contribution in [3.63, 3.8) is 0 Å². The summed E-state index contributed by atoms with van der Waals surface area (Å²) in [6.45, 7) is 16.0. The molecule has 2 heterocycles. The number of amides is 1. The molecule has 2 saturated heterocycles. The summed E-state index contributed by atoms with van der Waals surface area (Å²) >= 11 is 0. The predicted molar refractivity (Wildman–Crippen MR) is 165 cm³/mol. The van der Waals surface area contributed by atoms with Crippen molar-refractivity contribution in [3.05, 3.63) is 47.8 Å². The van der Waals surface area contributed by atoms with E-state index in [0.29, 0.717) is 17.4 Å². The van der Waals surface area contributed by atoms with Gasteiger partial charge in [0, 0.05) is 49.4 Å². The summed E-state index contributed by atoms with van der Waals surface area (Å²) in [7, 11) is 5.81. The minimum absolute atomic E-state index is 0.0388. The van der Waals surface area contributed by atoms with Gasteiger partial charge in [0.05, 0.1) is 24.5 Å². The van der Waals surface area contributed by atoms with E-state index in [4.69, 9.17) is 9.73 Å². The fraction of sp³-hybridized carbons (Fsp3) is 0.625. The molecule has 8 nitrogen and oxygen atoms in total. The number of amidine groups is 1. The van der Waals surface area contributed by atoms with Crippen molar-refractivity contribution in [2.45, 2.75) is 84.5 Å². The van der Waals surface area contributed by atoms with Crippen molar-refractivity contribution in [3.8, 4) is 5.75 Å². The van der Waals surface area contributed by atoms with Crippen LogP contribution in [0, 0.1) is 5.41 Å². The average molecular weight is 551 g/mol. The smallest absolute Gasteiger partial charge is 0.251 e. The number of ether oxygens (including phenoxy) is 1. The maximum absolute atomic E-state index is 12.8. The number of hydrogen-bond acceptors (Lipinski definition) is 6. The van der Waals surface area contributed by atoms with Gasteiger partial charge in [0.25, 0.3) is 5.91 Å². The number of aliphatic imine (C=N–C) groups is 1. The van der Waals surface area contributed by atoms with Gasteiger partial charge in [0.2, 0.25) is 0 Å². The Morgan fingerprint density at radius 3 is 2.55 bits per heavy atom. The molecule has 1 aromatic rings. The Morgan fingerprint density at radius 1 is 1.25 bits per heavy atom. The van der Waals surface area contributed by atoms with E-state index in [2.05, 4.69) is 79.8 Å². The maximum atomic E-state index is 12.8. The van der Waals surface area contributed by atoms with Gasteiger partial charge in [0.15, 0.2) is 0 Å². The number of nitrogens with zero attached hydrogens (tertiary/aromatic N) is 4. The van der Waals surface area contributed by atoms with Crippen LogP contribution >= 0.6 is 0 Å². The molecule has 0 spiro atoms. The maximum Gasteiger partial charge on any atom is 0.251 e. The van der Waals surface area contributed by atoms with Crippen molar-refractivity contribution >= 4 is 17.4 Å². The lowest BCUT2D eigenvalue weighted by molar-refractivity contribution is 0.0857. The Morgan fingerprint density at radius 2 is 1.95 bits per heavy atom. The number of methoxy groups -OCH3 is 1. The second kappa shape index (κ2) is 12.7. The van der Waals surface area contributed by atoms with E-state index in [1.165, 1.54) is 32.1 Å². The van der Waals surface area contributed by atoms with Crippen LogP contribution in [0.1, 0.15) is 76.6 Å². The summed E-state index contributed by atoms with van der Waals surface area (Å²) in [6, 6.07) is 6.25. The van der Waals surface area contributed by atoms with Crippen LogP contribution in [-0.4, -0.2) is 85.5 Å². The first kappa shape index (κ1) is 30.0. The Bertz CT molecular complexity index is 1130. The zero-order chi connectivity index (χ0) is 29.0. The third-order valence-electron chi connectivity index (χ3n) is 9.10. The lowest BCUT2D eigenvalue weighted by Gasteiger charge is -2.40. The van der Waals surface area contributed by atoms with E-state index < -0.39 is 0 Å². The molecule has 4 rings (SSSR count). The molecule has 1 saturated carbocycles. The standard InChI is InChI=1S/C32H50N6O2/c1-9-28-30(38(26-14-12-11-13-15-26)21-32(5,10-2)22(3)37(28)7)34-23(4)33-27-17-16-24(18-29(27)40-8)31(39)35-25-19-36(6)20-25/h9,16-18,23,25-26,33H,3,10-15,19-21H2,1-2,4-8H3,(H,35,39)/b28-9+,34-30+/t23?,32-/m1/s1. The lowest BCUT2D eigenvalue weighted by Crippen LogP contribution is -2.57. The summed E-state index contributed by atoms with van der Waals surface area (Å²) < 4.78 is 5.70. The second-order valence-corrected chi connectivity index (χ2v) is 12.1. The first-order valence-corrected chi connectivity index (χ1v) is 15.0. The number of likely N-dealkylation sites (N-methyl/N-ethyl adjacent to an activating group) is 2. The largest absolute Gasteiger partial charge is 0.495 e. The molecule has 1 unspecified atom stereocenters. The SMILES string of the molecule is C=C1N(C)C(=C/C)/C(=N\C(C)Nc2ccc(C(=O)NC3CN(C)C3)cc2OC)N(C2CCCCC2)C[C@@]1(C)CC. The number of allylic oxidation sites excluding steroid dienone is 1. The van der Waals surface area contributed by atoms with Crippen molar-refractivity contribution in [2.24, 2.45) is 10.4 Å². The van der Waals surface area contributed by atoms with Gasteiger partial charge in [-0.05, 0) is 58.4 Å². The molecule has 0 bridgehead atoms. The molecule has 40 heavy (non-hydrogen) atoms. The topological polar surface area (TPSA) is 72.4 Å². The highest BCUT2D eigenvalue weighted by atomic mass is 16.5. The summed E-state index contributed by atoms with van der Waals surface area (Å²) in [6.07, 6.45) is 9.21. The van der Waals surface area contributed by atoms with Crippen LogP contribution in [0.25, 0.3) is 0 Å². The van der Waals surface area contributed by atoms with E-state index in [1.807, 2.05) is 18.2 Å². The van der Waals surface area contributed by atoms with Crippen molar-refractivity contribution < 1.29 is 9.53 Å². The molecule has 0 radical (unpaired) electrons. The molecule has 2 aliphatic heterocycles. The minimum Gasteiger partial charge on any atom is -0.495 e. The molecule has 3 aliphatic rings. The lowest BCUT2D eigenvalue weighted by atomic mass is 9.82. The molecule has 2 atom stereocenters. The van der Waals surface area contributed by atoms with Gasteiger partial charge in [-0.25, -0.2) is 4.99 Å². The molecule has 0 aromatic heterocycles. The van der Waals surface area contributed by atoms with Gasteiger partial charge in [0.1, 0.15) is 17.8 Å². The molecule has 1 aliphatic carbocycles. The van der Waals surface area contributed by atoms with Crippen LogP contribution in [0.2, 0.25) is 0 Å². The third-order valence-corrected chi connectivity index (χ3v) is 9.10. The highest BCUT2D eigenvalue weighted by molar-refractivity contribution is 5.99. The summed E-state index contributed by atoms with van der Waals surface area (Å²) in [4.78, 5) is 25.1. The minimum atomic E-state index is -0.220. The molecule has 220 valence electrons. The number of carbonyl (C=O) groups excluding carboxylic acids is 1. The van der Waals surface area contributed by atoms with E-state index in [1.54, 1.807) is 7.11 Å². The number of benzene rings is 1. The Labute approximate surface area is 241 Å². The number of likely N-dealkylation sites (tertiary alicyclic amines) is 1. The van der Waals surface area contributed by atoms with Crippen LogP contribution < -0.4 is 15.4 Å². The zero-order valence-corrected chi connectivity index (χ0v) is 25.7. The van der Waals surface area contributed by atoms with E-state index in [0.717, 1.165) is 49.0 Å². The summed E-state index contributed by atoms with van der Waals surface area (Å²) in [5.41, 5.74) is 3.61. The molecule has 8 heteroatoms. The molecule has 2 N–H and O–H groups in total. The van der Waals surface area contributed by atoms with Gasteiger partial charge in [-0.3, -0.25) is 4.79 Å². The fourth-order valence-corrected chi connectivity index (χ4v) is 6.31. The highest BCUT2D eigenvalue weighted by Crippen LogP contribution is 2.40. The van der Waals surface area contributed by atoms with Crippen LogP contribution in [-0.2, 0) is 0 Å². The van der Waals surface area contributed by atoms with Gasteiger partial charge in [-0.2, -0.15) is 0 Å². The summed E-state index contributed by atoms with van der Waals surface area (Å²) in [5, 5.41) is 6.65. The molecular weight excluding hydrogens is 500 g/mol. The zero-order valence-electron chi connectivity index (χ0n) is 25.7. The number of rotatable bonds is 8. The summed E-state index contributed by atoms with van der Waals surface area (Å²) in [5.74, 6) is 1.58.